The molecule has 1 N–H and O–H groups in total. The Labute approximate surface area is 146 Å². The van der Waals surface area contributed by atoms with E-state index in [-0.39, 0.29) is 12.4 Å². The predicted octanol–water partition coefficient (Wildman–Crippen LogP) is 4.72. The van der Waals surface area contributed by atoms with Crippen molar-refractivity contribution >= 4 is 35.6 Å². The van der Waals surface area contributed by atoms with Gasteiger partial charge in [0.15, 0.2) is 11.5 Å². The first kappa shape index (κ1) is 18.9. The van der Waals surface area contributed by atoms with E-state index in [1.54, 1.807) is 19.2 Å². The van der Waals surface area contributed by atoms with Crippen molar-refractivity contribution in [3.63, 3.8) is 0 Å². The monoisotopic (exact) mass is 361 g/mol. The highest BCUT2D eigenvalue weighted by Crippen LogP contribution is 2.29. The molecule has 0 saturated carbocycles. The second-order valence-electron chi connectivity index (χ2n) is 4.55. The molecule has 0 aliphatic carbocycles. The van der Waals surface area contributed by atoms with Crippen LogP contribution in [0.1, 0.15) is 11.1 Å². The van der Waals surface area contributed by atoms with Crippen LogP contribution in [-0.4, -0.2) is 14.2 Å². The van der Waals surface area contributed by atoms with Gasteiger partial charge in [0.2, 0.25) is 0 Å². The molecule has 0 aliphatic heterocycles. The van der Waals surface area contributed by atoms with Crippen molar-refractivity contribution in [1.29, 1.82) is 0 Å². The van der Waals surface area contributed by atoms with Gasteiger partial charge in [0.25, 0.3) is 0 Å². The van der Waals surface area contributed by atoms with Crippen LogP contribution >= 0.6 is 35.6 Å². The lowest BCUT2D eigenvalue weighted by molar-refractivity contribution is 0.284. The molecule has 0 radical (unpaired) electrons. The molecule has 0 atom stereocenters. The summed E-state index contributed by atoms with van der Waals surface area (Å²) in [5, 5.41) is 4.16. The Bertz CT molecular complexity index is 620. The number of halogens is 3. The third-order valence-corrected chi connectivity index (χ3v) is 3.73. The summed E-state index contributed by atoms with van der Waals surface area (Å²) < 4.78 is 11.2. The smallest absolute Gasteiger partial charge is 0.161 e. The van der Waals surface area contributed by atoms with Crippen LogP contribution in [0.2, 0.25) is 10.0 Å². The van der Waals surface area contributed by atoms with Crippen molar-refractivity contribution < 1.29 is 9.47 Å². The fraction of sp³-hybridized carbons (Fsp3) is 0.250. The zero-order valence-electron chi connectivity index (χ0n) is 12.4. The summed E-state index contributed by atoms with van der Waals surface area (Å²) in [5.41, 5.74) is 2.09. The highest BCUT2D eigenvalue weighted by Gasteiger charge is 2.07. The fourth-order valence-corrected chi connectivity index (χ4v) is 2.26. The van der Waals surface area contributed by atoms with Crippen LogP contribution in [0.25, 0.3) is 0 Å². The van der Waals surface area contributed by atoms with Crippen molar-refractivity contribution in [1.82, 2.24) is 5.32 Å². The third-order valence-electron chi connectivity index (χ3n) is 2.99. The van der Waals surface area contributed by atoms with Crippen molar-refractivity contribution in [3.8, 4) is 11.5 Å². The Kier molecular flexibility index (Phi) is 7.83. The van der Waals surface area contributed by atoms with E-state index in [0.29, 0.717) is 28.2 Å². The summed E-state index contributed by atoms with van der Waals surface area (Å²) in [7, 11) is 3.53. The predicted molar refractivity (Wildman–Crippen MR) is 93.8 cm³/mol. The number of methoxy groups -OCH3 is 1. The van der Waals surface area contributed by atoms with Gasteiger partial charge in [-0.25, -0.2) is 0 Å². The van der Waals surface area contributed by atoms with Crippen LogP contribution in [0.5, 0.6) is 11.5 Å². The Hall–Kier alpha value is -1.13. The Morgan fingerprint density at radius 2 is 1.68 bits per heavy atom. The van der Waals surface area contributed by atoms with E-state index in [9.17, 15) is 0 Å². The summed E-state index contributed by atoms with van der Waals surface area (Å²) >= 11 is 11.9. The van der Waals surface area contributed by atoms with E-state index >= 15 is 0 Å². The maximum Gasteiger partial charge on any atom is 0.161 e. The van der Waals surface area contributed by atoms with Gasteiger partial charge in [0.05, 0.1) is 17.2 Å². The lowest BCUT2D eigenvalue weighted by Gasteiger charge is -2.12. The first-order valence-corrected chi connectivity index (χ1v) is 7.28. The van der Waals surface area contributed by atoms with E-state index in [1.165, 1.54) is 0 Å². The minimum absolute atomic E-state index is 0. The van der Waals surface area contributed by atoms with Crippen molar-refractivity contribution in [2.75, 3.05) is 14.2 Å². The van der Waals surface area contributed by atoms with Crippen LogP contribution in [0.4, 0.5) is 0 Å². The summed E-state index contributed by atoms with van der Waals surface area (Å²) in [6.07, 6.45) is 0. The standard InChI is InChI=1S/C16H17Cl2NO2.ClH/c1-19-9-11-4-6-15(16(8-11)20-2)21-10-12-3-5-13(17)14(18)7-12;/h3-8,19H,9-10H2,1-2H3;1H. The molecule has 22 heavy (non-hydrogen) atoms. The highest BCUT2D eigenvalue weighted by atomic mass is 35.5. The van der Waals surface area contributed by atoms with Gasteiger partial charge >= 0.3 is 0 Å². The summed E-state index contributed by atoms with van der Waals surface area (Å²) in [4.78, 5) is 0. The molecule has 3 nitrogen and oxygen atoms in total. The van der Waals surface area contributed by atoms with E-state index in [1.807, 2.05) is 31.3 Å². The van der Waals surface area contributed by atoms with E-state index in [0.717, 1.165) is 17.7 Å². The quantitative estimate of drug-likeness (QED) is 0.806. The maximum atomic E-state index is 5.99. The summed E-state index contributed by atoms with van der Waals surface area (Å²) in [6.45, 7) is 1.18. The second kappa shape index (κ2) is 9.11. The van der Waals surface area contributed by atoms with E-state index in [2.05, 4.69) is 5.32 Å². The maximum absolute atomic E-state index is 5.99. The summed E-state index contributed by atoms with van der Waals surface area (Å²) in [5.74, 6) is 1.41. The average molecular weight is 363 g/mol. The highest BCUT2D eigenvalue weighted by molar-refractivity contribution is 6.42. The first-order valence-electron chi connectivity index (χ1n) is 6.52. The van der Waals surface area contributed by atoms with Gasteiger partial charge in [0, 0.05) is 6.54 Å². The minimum atomic E-state index is 0. The molecule has 2 rings (SSSR count). The molecule has 0 fully saturated rings. The number of ether oxygens (including phenoxy) is 2. The molecule has 6 heteroatoms. The average Bonchev–Trinajstić information content (AvgIpc) is 2.49. The van der Waals surface area contributed by atoms with Crippen LogP contribution in [-0.2, 0) is 13.2 Å². The molecule has 0 heterocycles. The van der Waals surface area contributed by atoms with Crippen LogP contribution < -0.4 is 14.8 Å². The van der Waals surface area contributed by atoms with Gasteiger partial charge in [-0.3, -0.25) is 0 Å². The van der Waals surface area contributed by atoms with Gasteiger partial charge in [-0.05, 0) is 42.4 Å². The molecule has 0 amide bonds. The number of benzene rings is 2. The Morgan fingerprint density at radius 1 is 0.955 bits per heavy atom. The molecule has 0 aliphatic rings. The molecule has 0 unspecified atom stereocenters. The number of nitrogens with one attached hydrogen (secondary N) is 1. The molecule has 2 aromatic rings. The molecule has 0 saturated heterocycles. The topological polar surface area (TPSA) is 30.5 Å². The summed E-state index contributed by atoms with van der Waals surface area (Å²) in [6, 6.07) is 11.3. The third kappa shape index (κ3) is 4.96. The molecule has 120 valence electrons. The normalized spacial score (nSPS) is 10.0. The number of hydrogen-bond acceptors (Lipinski definition) is 3. The Morgan fingerprint density at radius 3 is 2.32 bits per heavy atom. The van der Waals surface area contributed by atoms with Crippen molar-refractivity contribution in [2.45, 2.75) is 13.2 Å². The first-order chi connectivity index (χ1) is 10.1. The van der Waals surface area contributed by atoms with Gasteiger partial charge < -0.3 is 14.8 Å². The molecule has 2 aromatic carbocycles. The van der Waals surface area contributed by atoms with Gasteiger partial charge in [-0.15, -0.1) is 12.4 Å². The second-order valence-corrected chi connectivity index (χ2v) is 5.37. The molecular weight excluding hydrogens is 345 g/mol. The minimum Gasteiger partial charge on any atom is -0.493 e. The fourth-order valence-electron chi connectivity index (χ4n) is 1.94. The van der Waals surface area contributed by atoms with Gasteiger partial charge in [-0.2, -0.15) is 0 Å². The van der Waals surface area contributed by atoms with Gasteiger partial charge in [-0.1, -0.05) is 35.3 Å². The SMILES string of the molecule is CNCc1ccc(OCc2ccc(Cl)c(Cl)c2)c(OC)c1.Cl. The molecular formula is C16H18Cl3NO2. The van der Waals surface area contributed by atoms with Crippen LogP contribution in [0.3, 0.4) is 0 Å². The molecule has 0 spiro atoms. The zero-order valence-corrected chi connectivity index (χ0v) is 14.7. The molecule has 0 bridgehead atoms. The van der Waals surface area contributed by atoms with Crippen molar-refractivity contribution in [2.24, 2.45) is 0 Å². The van der Waals surface area contributed by atoms with Gasteiger partial charge in [0.1, 0.15) is 6.61 Å². The number of rotatable bonds is 6. The van der Waals surface area contributed by atoms with E-state index in [4.69, 9.17) is 32.7 Å². The number of hydrogen-bond donors (Lipinski definition) is 1. The lowest BCUT2D eigenvalue weighted by Crippen LogP contribution is -2.05. The zero-order chi connectivity index (χ0) is 15.2. The Balaban J connectivity index is 0.00000242. The largest absolute Gasteiger partial charge is 0.493 e. The lowest BCUT2D eigenvalue weighted by atomic mass is 10.2. The van der Waals surface area contributed by atoms with Crippen LogP contribution in [0.15, 0.2) is 36.4 Å². The van der Waals surface area contributed by atoms with Crippen LogP contribution in [0, 0.1) is 0 Å². The van der Waals surface area contributed by atoms with E-state index < -0.39 is 0 Å². The molecule has 0 aromatic heterocycles. The van der Waals surface area contributed by atoms with Crippen molar-refractivity contribution in [3.05, 3.63) is 57.6 Å².